The predicted octanol–water partition coefficient (Wildman–Crippen LogP) is 2.26. The molecular formula is C12H23N3. The third-order valence-corrected chi connectivity index (χ3v) is 2.87. The van der Waals surface area contributed by atoms with Gasteiger partial charge in [0.2, 0.25) is 0 Å². The smallest absolute Gasteiger partial charge is 0.0492 e. The first-order chi connectivity index (χ1) is 7.24. The number of hydrogen-bond donors (Lipinski definition) is 1. The number of nitrogens with two attached hydrogens (primary N) is 1. The van der Waals surface area contributed by atoms with Crippen molar-refractivity contribution in [2.45, 2.75) is 51.5 Å². The molecule has 1 rings (SSSR count). The van der Waals surface area contributed by atoms with Crippen molar-refractivity contribution in [1.82, 2.24) is 9.78 Å². The van der Waals surface area contributed by atoms with E-state index in [-0.39, 0.29) is 0 Å². The van der Waals surface area contributed by atoms with Gasteiger partial charge in [0.25, 0.3) is 0 Å². The highest BCUT2D eigenvalue weighted by Crippen LogP contribution is 2.08. The molecule has 0 spiro atoms. The molecule has 0 aromatic carbocycles. The van der Waals surface area contributed by atoms with Gasteiger partial charge in [-0.15, -0.1) is 0 Å². The van der Waals surface area contributed by atoms with Gasteiger partial charge in [0.1, 0.15) is 0 Å². The fraction of sp³-hybridized carbons (Fsp3) is 0.750. The molecule has 15 heavy (non-hydrogen) atoms. The lowest BCUT2D eigenvalue weighted by molar-refractivity contribution is 0.520. The molecule has 3 nitrogen and oxygen atoms in total. The Kier molecular flexibility index (Phi) is 5.40. The van der Waals surface area contributed by atoms with Gasteiger partial charge in [0, 0.05) is 25.0 Å². The zero-order valence-corrected chi connectivity index (χ0v) is 9.95. The van der Waals surface area contributed by atoms with E-state index < -0.39 is 0 Å². The molecule has 1 aromatic rings. The van der Waals surface area contributed by atoms with E-state index in [0.29, 0.717) is 6.04 Å². The van der Waals surface area contributed by atoms with E-state index >= 15 is 0 Å². The van der Waals surface area contributed by atoms with Gasteiger partial charge >= 0.3 is 0 Å². The highest BCUT2D eigenvalue weighted by atomic mass is 15.2. The molecule has 2 N–H and O–H groups in total. The second kappa shape index (κ2) is 6.62. The maximum absolute atomic E-state index is 6.05. The van der Waals surface area contributed by atoms with Crippen molar-refractivity contribution < 1.29 is 0 Å². The summed E-state index contributed by atoms with van der Waals surface area (Å²) in [6.45, 7) is 2.22. The zero-order chi connectivity index (χ0) is 11.1. The molecule has 86 valence electrons. The zero-order valence-electron chi connectivity index (χ0n) is 9.95. The SMILES string of the molecule is CCCCCC(N)CCc1ccnn1C. The van der Waals surface area contributed by atoms with Crippen molar-refractivity contribution in [3.05, 3.63) is 18.0 Å². The Morgan fingerprint density at radius 1 is 1.40 bits per heavy atom. The van der Waals surface area contributed by atoms with Crippen LogP contribution in [0.15, 0.2) is 12.3 Å². The fourth-order valence-electron chi connectivity index (χ4n) is 1.78. The molecule has 0 saturated heterocycles. The van der Waals surface area contributed by atoms with Gasteiger partial charge in [0.05, 0.1) is 0 Å². The van der Waals surface area contributed by atoms with Crippen LogP contribution in [-0.4, -0.2) is 15.8 Å². The Morgan fingerprint density at radius 2 is 2.20 bits per heavy atom. The van der Waals surface area contributed by atoms with Crippen molar-refractivity contribution in [1.29, 1.82) is 0 Å². The van der Waals surface area contributed by atoms with Crippen LogP contribution in [0, 0.1) is 0 Å². The van der Waals surface area contributed by atoms with Gasteiger partial charge in [0.15, 0.2) is 0 Å². The van der Waals surface area contributed by atoms with Gasteiger partial charge in [-0.3, -0.25) is 4.68 Å². The molecule has 1 aromatic heterocycles. The van der Waals surface area contributed by atoms with Crippen LogP contribution in [0.4, 0.5) is 0 Å². The lowest BCUT2D eigenvalue weighted by Crippen LogP contribution is -2.21. The van der Waals surface area contributed by atoms with Gasteiger partial charge in [-0.05, 0) is 25.3 Å². The molecule has 1 unspecified atom stereocenters. The molecule has 0 radical (unpaired) electrons. The van der Waals surface area contributed by atoms with Gasteiger partial charge in [-0.1, -0.05) is 26.2 Å². The largest absolute Gasteiger partial charge is 0.328 e. The molecule has 1 heterocycles. The van der Waals surface area contributed by atoms with E-state index in [9.17, 15) is 0 Å². The molecule has 0 bridgehead atoms. The summed E-state index contributed by atoms with van der Waals surface area (Å²) in [6.07, 6.45) is 8.97. The Bertz CT molecular complexity index is 268. The molecule has 0 aliphatic rings. The summed E-state index contributed by atoms with van der Waals surface area (Å²) >= 11 is 0. The molecule has 3 heteroatoms. The normalized spacial score (nSPS) is 13.0. The van der Waals surface area contributed by atoms with Crippen LogP contribution in [0.1, 0.15) is 44.7 Å². The average molecular weight is 209 g/mol. The molecule has 0 fully saturated rings. The Labute approximate surface area is 92.7 Å². The van der Waals surface area contributed by atoms with E-state index in [0.717, 1.165) is 19.3 Å². The van der Waals surface area contributed by atoms with Crippen LogP contribution in [0.2, 0.25) is 0 Å². The quantitative estimate of drug-likeness (QED) is 0.700. The third kappa shape index (κ3) is 4.47. The minimum atomic E-state index is 0.353. The van der Waals surface area contributed by atoms with E-state index in [2.05, 4.69) is 18.1 Å². The van der Waals surface area contributed by atoms with Crippen LogP contribution >= 0.6 is 0 Å². The minimum Gasteiger partial charge on any atom is -0.328 e. The van der Waals surface area contributed by atoms with E-state index in [1.807, 2.05) is 17.9 Å². The summed E-state index contributed by atoms with van der Waals surface area (Å²) in [5.74, 6) is 0. The number of unbranched alkanes of at least 4 members (excludes halogenated alkanes) is 2. The minimum absolute atomic E-state index is 0.353. The molecule has 0 saturated carbocycles. The Hall–Kier alpha value is -0.830. The highest BCUT2D eigenvalue weighted by molar-refractivity contribution is 5.00. The lowest BCUT2D eigenvalue weighted by atomic mass is 10.0. The molecular weight excluding hydrogens is 186 g/mol. The van der Waals surface area contributed by atoms with Crippen molar-refractivity contribution in [2.24, 2.45) is 12.8 Å². The summed E-state index contributed by atoms with van der Waals surface area (Å²) in [5.41, 5.74) is 7.33. The maximum atomic E-state index is 6.05. The molecule has 0 aliphatic carbocycles. The number of nitrogens with zero attached hydrogens (tertiary/aromatic N) is 2. The summed E-state index contributed by atoms with van der Waals surface area (Å²) in [7, 11) is 1.98. The second-order valence-corrected chi connectivity index (χ2v) is 4.24. The van der Waals surface area contributed by atoms with Crippen molar-refractivity contribution in [3.8, 4) is 0 Å². The van der Waals surface area contributed by atoms with Crippen LogP contribution in [-0.2, 0) is 13.5 Å². The fourth-order valence-corrected chi connectivity index (χ4v) is 1.78. The van der Waals surface area contributed by atoms with Crippen molar-refractivity contribution in [2.75, 3.05) is 0 Å². The van der Waals surface area contributed by atoms with Crippen molar-refractivity contribution in [3.63, 3.8) is 0 Å². The maximum Gasteiger partial charge on any atom is 0.0492 e. The first-order valence-corrected chi connectivity index (χ1v) is 5.96. The molecule has 0 aliphatic heterocycles. The monoisotopic (exact) mass is 209 g/mol. The van der Waals surface area contributed by atoms with E-state index in [1.54, 1.807) is 0 Å². The Morgan fingerprint density at radius 3 is 2.80 bits per heavy atom. The first-order valence-electron chi connectivity index (χ1n) is 5.96. The van der Waals surface area contributed by atoms with E-state index in [1.165, 1.54) is 25.0 Å². The lowest BCUT2D eigenvalue weighted by Gasteiger charge is -2.10. The van der Waals surface area contributed by atoms with Crippen LogP contribution < -0.4 is 5.73 Å². The molecule has 0 amide bonds. The van der Waals surface area contributed by atoms with Crippen LogP contribution in [0.5, 0.6) is 0 Å². The van der Waals surface area contributed by atoms with Gasteiger partial charge in [-0.25, -0.2) is 0 Å². The van der Waals surface area contributed by atoms with Crippen LogP contribution in [0.3, 0.4) is 0 Å². The summed E-state index contributed by atoms with van der Waals surface area (Å²) in [4.78, 5) is 0. The summed E-state index contributed by atoms with van der Waals surface area (Å²) < 4.78 is 1.93. The number of aryl methyl sites for hydroxylation is 2. The standard InChI is InChI=1S/C12H23N3/c1-3-4-5-6-11(13)7-8-12-9-10-14-15(12)2/h9-11H,3-8,13H2,1-2H3. The number of rotatable bonds is 7. The van der Waals surface area contributed by atoms with E-state index in [4.69, 9.17) is 5.73 Å². The number of aromatic nitrogens is 2. The summed E-state index contributed by atoms with van der Waals surface area (Å²) in [6, 6.07) is 2.42. The van der Waals surface area contributed by atoms with Crippen molar-refractivity contribution >= 4 is 0 Å². The van der Waals surface area contributed by atoms with Gasteiger partial charge < -0.3 is 5.73 Å². The van der Waals surface area contributed by atoms with Crippen LogP contribution in [0.25, 0.3) is 0 Å². The van der Waals surface area contributed by atoms with Gasteiger partial charge in [-0.2, -0.15) is 5.10 Å². The number of hydrogen-bond acceptors (Lipinski definition) is 2. The predicted molar refractivity (Wildman–Crippen MR) is 63.6 cm³/mol. The highest BCUT2D eigenvalue weighted by Gasteiger charge is 2.04. The topological polar surface area (TPSA) is 43.8 Å². The Balaban J connectivity index is 2.16. The second-order valence-electron chi connectivity index (χ2n) is 4.24. The average Bonchev–Trinajstić information content (AvgIpc) is 2.61. The third-order valence-electron chi connectivity index (χ3n) is 2.87. The molecule has 1 atom stereocenters. The first kappa shape index (κ1) is 12.2. The summed E-state index contributed by atoms with van der Waals surface area (Å²) in [5, 5.41) is 4.15.